The summed E-state index contributed by atoms with van der Waals surface area (Å²) >= 11 is 0. The van der Waals surface area contributed by atoms with E-state index in [0.29, 0.717) is 12.3 Å². The van der Waals surface area contributed by atoms with Crippen molar-refractivity contribution in [2.24, 2.45) is 0 Å². The minimum atomic E-state index is -0.185. The largest absolute Gasteiger partial charge is 0.451 e. The van der Waals surface area contributed by atoms with Crippen LogP contribution < -0.4 is 10.2 Å². The molecule has 2 aromatic carbocycles. The third kappa shape index (κ3) is 3.06. The number of nitrogens with zero attached hydrogens (tertiary/aromatic N) is 1. The van der Waals surface area contributed by atoms with Crippen LogP contribution in [0, 0.1) is 6.92 Å². The zero-order valence-electron chi connectivity index (χ0n) is 13.6. The van der Waals surface area contributed by atoms with Crippen molar-refractivity contribution in [3.8, 4) is 0 Å². The molecule has 4 nitrogen and oxygen atoms in total. The van der Waals surface area contributed by atoms with Crippen LogP contribution in [0.3, 0.4) is 0 Å². The Bertz CT molecular complexity index is 832. The van der Waals surface area contributed by atoms with Crippen molar-refractivity contribution < 1.29 is 9.21 Å². The van der Waals surface area contributed by atoms with Crippen molar-refractivity contribution in [1.29, 1.82) is 0 Å². The van der Waals surface area contributed by atoms with Gasteiger partial charge in [-0.15, -0.1) is 0 Å². The Morgan fingerprint density at radius 2 is 1.78 bits per heavy atom. The number of aryl methyl sites for hydroxylation is 1. The van der Waals surface area contributed by atoms with Crippen molar-refractivity contribution in [2.75, 3.05) is 19.0 Å². The molecule has 4 heteroatoms. The number of carbonyl (C=O) groups excluding carboxylic acids is 1. The molecule has 0 radical (unpaired) electrons. The van der Waals surface area contributed by atoms with Gasteiger partial charge < -0.3 is 14.6 Å². The Morgan fingerprint density at radius 3 is 2.43 bits per heavy atom. The first kappa shape index (κ1) is 15.2. The summed E-state index contributed by atoms with van der Waals surface area (Å²) in [5, 5.41) is 3.90. The first-order chi connectivity index (χ1) is 11.1. The second kappa shape index (κ2) is 6.16. The van der Waals surface area contributed by atoms with Crippen molar-refractivity contribution in [1.82, 2.24) is 5.32 Å². The molecule has 0 aliphatic rings. The number of para-hydroxylation sites is 1. The predicted molar refractivity (Wildman–Crippen MR) is 92.9 cm³/mol. The van der Waals surface area contributed by atoms with Gasteiger partial charge in [-0.1, -0.05) is 30.3 Å². The topological polar surface area (TPSA) is 45.5 Å². The number of fused-ring (bicyclic) bond motifs is 1. The third-order valence-electron chi connectivity index (χ3n) is 3.96. The van der Waals surface area contributed by atoms with E-state index in [1.54, 1.807) is 0 Å². The van der Waals surface area contributed by atoms with Crippen LogP contribution >= 0.6 is 0 Å². The van der Waals surface area contributed by atoms with Crippen LogP contribution in [0.4, 0.5) is 5.69 Å². The van der Waals surface area contributed by atoms with Crippen molar-refractivity contribution in [3.63, 3.8) is 0 Å². The zero-order valence-corrected chi connectivity index (χ0v) is 13.6. The van der Waals surface area contributed by atoms with E-state index in [9.17, 15) is 4.79 Å². The van der Waals surface area contributed by atoms with Gasteiger partial charge in [-0.25, -0.2) is 0 Å². The molecule has 0 spiro atoms. The lowest BCUT2D eigenvalue weighted by Crippen LogP contribution is -2.23. The van der Waals surface area contributed by atoms with Gasteiger partial charge in [0.05, 0.1) is 0 Å². The molecule has 3 aromatic rings. The number of hydrogen-bond acceptors (Lipinski definition) is 3. The summed E-state index contributed by atoms with van der Waals surface area (Å²) in [5.74, 6) is 0.200. The molecule has 1 heterocycles. The van der Waals surface area contributed by atoms with E-state index in [1.807, 2.05) is 74.4 Å². The van der Waals surface area contributed by atoms with E-state index in [0.717, 1.165) is 27.8 Å². The maximum atomic E-state index is 12.4. The Labute approximate surface area is 135 Å². The van der Waals surface area contributed by atoms with Gasteiger partial charge in [-0.2, -0.15) is 0 Å². The number of anilines is 1. The minimum absolute atomic E-state index is 0.185. The smallest absolute Gasteiger partial charge is 0.287 e. The molecule has 1 aromatic heterocycles. The van der Waals surface area contributed by atoms with Crippen molar-refractivity contribution >= 4 is 22.6 Å². The van der Waals surface area contributed by atoms with Crippen LogP contribution in [0.5, 0.6) is 0 Å². The maximum Gasteiger partial charge on any atom is 0.287 e. The Kier molecular flexibility index (Phi) is 4.06. The van der Waals surface area contributed by atoms with Crippen LogP contribution in [0.1, 0.15) is 21.7 Å². The molecule has 0 saturated carbocycles. The first-order valence-electron chi connectivity index (χ1n) is 7.59. The highest BCUT2D eigenvalue weighted by atomic mass is 16.3. The lowest BCUT2D eigenvalue weighted by molar-refractivity contribution is 0.0924. The maximum absolute atomic E-state index is 12.4. The van der Waals surface area contributed by atoms with E-state index in [-0.39, 0.29) is 5.91 Å². The number of furan rings is 1. The molecule has 0 unspecified atom stereocenters. The minimum Gasteiger partial charge on any atom is -0.451 e. The molecule has 0 aliphatic heterocycles. The van der Waals surface area contributed by atoms with Gasteiger partial charge in [0.25, 0.3) is 5.91 Å². The summed E-state index contributed by atoms with van der Waals surface area (Å²) in [6, 6.07) is 15.8. The average Bonchev–Trinajstić information content (AvgIpc) is 2.90. The number of carbonyl (C=O) groups is 1. The van der Waals surface area contributed by atoms with Gasteiger partial charge in [-0.05, 0) is 30.7 Å². The summed E-state index contributed by atoms with van der Waals surface area (Å²) < 4.78 is 5.68. The molecule has 0 saturated heterocycles. The number of nitrogens with one attached hydrogen (secondary N) is 1. The van der Waals surface area contributed by atoms with Crippen molar-refractivity contribution in [2.45, 2.75) is 13.5 Å². The van der Waals surface area contributed by atoms with E-state index < -0.39 is 0 Å². The molecule has 1 amide bonds. The van der Waals surface area contributed by atoms with E-state index in [1.165, 1.54) is 0 Å². The SMILES string of the molecule is Cc1c(C(=O)NCc2ccc(N(C)C)cc2)oc2ccccc12. The van der Waals surface area contributed by atoms with Gasteiger partial charge in [0.1, 0.15) is 5.58 Å². The van der Waals surface area contributed by atoms with Crippen LogP contribution in [-0.4, -0.2) is 20.0 Å². The second-order valence-electron chi connectivity index (χ2n) is 5.80. The molecule has 0 fully saturated rings. The van der Waals surface area contributed by atoms with Crippen molar-refractivity contribution in [3.05, 3.63) is 65.4 Å². The summed E-state index contributed by atoms with van der Waals surface area (Å²) in [5.41, 5.74) is 3.80. The molecule has 1 N–H and O–H groups in total. The average molecular weight is 308 g/mol. The summed E-state index contributed by atoms with van der Waals surface area (Å²) in [6.07, 6.45) is 0. The van der Waals surface area contributed by atoms with Crippen LogP contribution in [-0.2, 0) is 6.54 Å². The number of amides is 1. The molecular formula is C19H20N2O2. The van der Waals surface area contributed by atoms with Crippen LogP contribution in [0.25, 0.3) is 11.0 Å². The summed E-state index contributed by atoms with van der Waals surface area (Å²) in [6.45, 7) is 2.38. The number of hydrogen-bond donors (Lipinski definition) is 1. The Morgan fingerprint density at radius 1 is 1.09 bits per heavy atom. The number of benzene rings is 2. The Balaban J connectivity index is 1.72. The highest BCUT2D eigenvalue weighted by Gasteiger charge is 2.16. The van der Waals surface area contributed by atoms with E-state index >= 15 is 0 Å². The fourth-order valence-corrected chi connectivity index (χ4v) is 2.57. The summed E-state index contributed by atoms with van der Waals surface area (Å²) in [7, 11) is 4.00. The molecular weight excluding hydrogens is 288 g/mol. The highest BCUT2D eigenvalue weighted by Crippen LogP contribution is 2.24. The molecule has 0 bridgehead atoms. The monoisotopic (exact) mass is 308 g/mol. The van der Waals surface area contributed by atoms with E-state index in [4.69, 9.17) is 4.42 Å². The van der Waals surface area contributed by atoms with Crippen LogP contribution in [0.15, 0.2) is 52.9 Å². The normalized spacial score (nSPS) is 10.7. The standard InChI is InChI=1S/C19H20N2O2/c1-13-16-6-4-5-7-17(16)23-18(13)19(22)20-12-14-8-10-15(11-9-14)21(2)3/h4-11H,12H2,1-3H3,(H,20,22). The zero-order chi connectivity index (χ0) is 16.4. The first-order valence-corrected chi connectivity index (χ1v) is 7.59. The van der Waals surface area contributed by atoms with Gasteiger partial charge >= 0.3 is 0 Å². The second-order valence-corrected chi connectivity index (χ2v) is 5.80. The molecule has 0 atom stereocenters. The quantitative estimate of drug-likeness (QED) is 0.798. The Hall–Kier alpha value is -2.75. The molecule has 23 heavy (non-hydrogen) atoms. The van der Waals surface area contributed by atoms with E-state index in [2.05, 4.69) is 5.32 Å². The molecule has 0 aliphatic carbocycles. The van der Waals surface area contributed by atoms with Gasteiger partial charge in [-0.3, -0.25) is 4.79 Å². The highest BCUT2D eigenvalue weighted by molar-refractivity contribution is 5.98. The van der Waals surface area contributed by atoms with Gasteiger partial charge in [0.2, 0.25) is 0 Å². The number of rotatable bonds is 4. The van der Waals surface area contributed by atoms with Gasteiger partial charge in [0, 0.05) is 37.3 Å². The lowest BCUT2D eigenvalue weighted by atomic mass is 10.1. The van der Waals surface area contributed by atoms with Crippen LogP contribution in [0.2, 0.25) is 0 Å². The fourth-order valence-electron chi connectivity index (χ4n) is 2.57. The molecule has 118 valence electrons. The molecule has 3 rings (SSSR count). The fraction of sp³-hybridized carbons (Fsp3) is 0.211. The third-order valence-corrected chi connectivity index (χ3v) is 3.96. The lowest BCUT2D eigenvalue weighted by Gasteiger charge is -2.12. The van der Waals surface area contributed by atoms with Gasteiger partial charge in [0.15, 0.2) is 5.76 Å². The predicted octanol–water partition coefficient (Wildman–Crippen LogP) is 3.74. The summed E-state index contributed by atoms with van der Waals surface area (Å²) in [4.78, 5) is 14.4.